The van der Waals surface area contributed by atoms with E-state index in [9.17, 15) is 18.0 Å². The van der Waals surface area contributed by atoms with Gasteiger partial charge in [0.25, 0.3) is 0 Å². The van der Waals surface area contributed by atoms with Crippen LogP contribution >= 0.6 is 11.6 Å². The molecule has 5 rings (SSSR count). The number of pyridine rings is 1. The molecule has 2 aliphatic heterocycles. The van der Waals surface area contributed by atoms with Crippen LogP contribution in [-0.4, -0.2) is 58.4 Å². The number of anilines is 1. The molecule has 2 unspecified atom stereocenters. The second kappa shape index (κ2) is 9.45. The topological polar surface area (TPSA) is 80.7 Å². The molecule has 0 saturated carbocycles. The zero-order valence-electron chi connectivity index (χ0n) is 19.3. The van der Waals surface area contributed by atoms with Gasteiger partial charge in [-0.1, -0.05) is 11.6 Å². The van der Waals surface area contributed by atoms with Crippen molar-refractivity contribution in [2.45, 2.75) is 31.8 Å². The molecule has 0 aliphatic carbocycles. The number of alkyl halides is 1. The maximum atomic E-state index is 13.8. The number of carbonyl (C=O) groups is 1. The Morgan fingerprint density at radius 2 is 1.83 bits per heavy atom. The van der Waals surface area contributed by atoms with Gasteiger partial charge < -0.3 is 14.4 Å². The van der Waals surface area contributed by atoms with Crippen LogP contribution in [0.3, 0.4) is 0 Å². The summed E-state index contributed by atoms with van der Waals surface area (Å²) in [4.78, 5) is 29.1. The lowest BCUT2D eigenvalue weighted by Gasteiger charge is -2.34. The van der Waals surface area contributed by atoms with Crippen LogP contribution in [0.2, 0.25) is 5.02 Å². The van der Waals surface area contributed by atoms with Crippen LogP contribution in [0.1, 0.15) is 24.3 Å². The van der Waals surface area contributed by atoms with Crippen LogP contribution in [0.15, 0.2) is 36.7 Å². The quantitative estimate of drug-likeness (QED) is 0.466. The summed E-state index contributed by atoms with van der Waals surface area (Å²) in [6.07, 6.45) is 0.452. The van der Waals surface area contributed by atoms with E-state index in [1.165, 1.54) is 18.2 Å². The fourth-order valence-electron chi connectivity index (χ4n) is 4.34. The predicted molar refractivity (Wildman–Crippen MR) is 125 cm³/mol. The minimum atomic E-state index is -0.963. The first-order chi connectivity index (χ1) is 17.2. The van der Waals surface area contributed by atoms with Gasteiger partial charge in [0, 0.05) is 35.2 Å². The van der Waals surface area contributed by atoms with Crippen molar-refractivity contribution in [1.82, 2.24) is 19.9 Å². The highest BCUT2D eigenvalue weighted by atomic mass is 35.5. The van der Waals surface area contributed by atoms with Crippen molar-refractivity contribution in [3.8, 4) is 17.0 Å². The number of nitrogens with zero attached hydrogens (tertiary/aromatic N) is 5. The third kappa shape index (κ3) is 4.50. The van der Waals surface area contributed by atoms with Gasteiger partial charge in [-0.2, -0.15) is 0 Å². The van der Waals surface area contributed by atoms with Crippen LogP contribution in [0, 0.1) is 11.6 Å². The van der Waals surface area contributed by atoms with Crippen molar-refractivity contribution in [3.05, 3.63) is 64.6 Å². The highest BCUT2D eigenvalue weighted by molar-refractivity contribution is 6.30. The highest BCUT2D eigenvalue weighted by Gasteiger charge is 2.41. The minimum absolute atomic E-state index is 0.0261. The van der Waals surface area contributed by atoms with Crippen LogP contribution in [0.25, 0.3) is 11.1 Å². The zero-order valence-corrected chi connectivity index (χ0v) is 20.0. The Morgan fingerprint density at radius 3 is 2.50 bits per heavy atom. The lowest BCUT2D eigenvalue weighted by molar-refractivity contribution is 0.130. The number of methoxy groups -OCH3 is 1. The van der Waals surface area contributed by atoms with E-state index in [1.54, 1.807) is 24.1 Å². The van der Waals surface area contributed by atoms with Gasteiger partial charge in [-0.25, -0.2) is 32.9 Å². The predicted octanol–water partition coefficient (Wildman–Crippen LogP) is 4.72. The van der Waals surface area contributed by atoms with E-state index in [1.807, 2.05) is 0 Å². The first-order valence-electron chi connectivity index (χ1n) is 11.1. The minimum Gasteiger partial charge on any atom is -0.481 e. The maximum absolute atomic E-state index is 13.8. The first-order valence-corrected chi connectivity index (χ1v) is 11.5. The molecule has 0 radical (unpaired) electrons. The molecule has 2 fully saturated rings. The number of rotatable bonds is 6. The lowest BCUT2D eigenvalue weighted by atomic mass is 10.0. The van der Waals surface area contributed by atoms with E-state index in [0.29, 0.717) is 27.8 Å². The van der Waals surface area contributed by atoms with Crippen molar-refractivity contribution in [3.63, 3.8) is 0 Å². The third-order valence-corrected chi connectivity index (χ3v) is 6.41. The number of hydrogen-bond acceptors (Lipinski definition) is 7. The van der Waals surface area contributed by atoms with Crippen LogP contribution in [-0.2, 0) is 11.3 Å². The summed E-state index contributed by atoms with van der Waals surface area (Å²) in [7, 11) is 1.46. The molecule has 2 atom stereocenters. The Kier molecular flexibility index (Phi) is 6.33. The summed E-state index contributed by atoms with van der Waals surface area (Å²) in [5.74, 6) is -0.957. The van der Waals surface area contributed by atoms with Crippen LogP contribution in [0.4, 0.5) is 23.9 Å². The SMILES string of the molecule is COc1ncc(Cl)cc1-c1cnc(N2CC(F)C2)nc1CN1C(=O)OC(c2cc(F)cc(F)c2)C1C. The van der Waals surface area contributed by atoms with Gasteiger partial charge in [0.1, 0.15) is 23.9 Å². The van der Waals surface area contributed by atoms with Gasteiger partial charge in [0.2, 0.25) is 11.8 Å². The molecular formula is C24H21ClF3N5O3. The molecule has 12 heteroatoms. The maximum Gasteiger partial charge on any atom is 0.411 e. The summed E-state index contributed by atoms with van der Waals surface area (Å²) >= 11 is 6.18. The van der Waals surface area contributed by atoms with Gasteiger partial charge in [-0.3, -0.25) is 4.90 Å². The third-order valence-electron chi connectivity index (χ3n) is 6.20. The van der Waals surface area contributed by atoms with E-state index < -0.39 is 36.0 Å². The van der Waals surface area contributed by atoms with Gasteiger partial charge in [0.05, 0.1) is 43.5 Å². The number of aromatic nitrogens is 3. The van der Waals surface area contributed by atoms with E-state index in [-0.39, 0.29) is 31.1 Å². The van der Waals surface area contributed by atoms with Crippen molar-refractivity contribution in [2.24, 2.45) is 0 Å². The number of amides is 1. The number of carbonyl (C=O) groups excluding carboxylic acids is 1. The number of hydrogen-bond donors (Lipinski definition) is 0. The largest absolute Gasteiger partial charge is 0.481 e. The second-order valence-electron chi connectivity index (χ2n) is 8.62. The molecular weight excluding hydrogens is 499 g/mol. The molecule has 0 bridgehead atoms. The summed E-state index contributed by atoms with van der Waals surface area (Å²) in [6, 6.07) is 4.08. The van der Waals surface area contributed by atoms with Gasteiger partial charge in [-0.05, 0) is 25.1 Å². The first kappa shape index (κ1) is 24.1. The normalized spacial score (nSPS) is 19.9. The summed E-state index contributed by atoms with van der Waals surface area (Å²) in [6.45, 7) is 2.01. The molecule has 36 heavy (non-hydrogen) atoms. The molecule has 0 N–H and O–H groups in total. The standard InChI is InChI=1S/C24H21ClF3N5O3/c1-12-21(13-3-15(26)6-16(27)4-13)36-24(34)33(12)11-20-19(18-5-14(25)7-29-22(18)35-2)8-30-23(31-20)32-9-17(28)10-32/h3-8,12,17,21H,9-11H2,1-2H3. The van der Waals surface area contributed by atoms with Crippen molar-refractivity contribution < 1.29 is 27.4 Å². The second-order valence-corrected chi connectivity index (χ2v) is 9.06. The van der Waals surface area contributed by atoms with Gasteiger partial charge in [0.15, 0.2) is 0 Å². The fourth-order valence-corrected chi connectivity index (χ4v) is 4.49. The fraction of sp³-hybridized carbons (Fsp3) is 0.333. The van der Waals surface area contributed by atoms with Crippen molar-refractivity contribution in [1.29, 1.82) is 0 Å². The molecule has 8 nitrogen and oxygen atoms in total. The molecule has 0 spiro atoms. The molecule has 3 aromatic rings. The number of halogens is 4. The summed E-state index contributed by atoms with van der Waals surface area (Å²) in [5, 5.41) is 0.353. The van der Waals surface area contributed by atoms with Crippen LogP contribution < -0.4 is 9.64 Å². The molecule has 4 heterocycles. The van der Waals surface area contributed by atoms with E-state index in [4.69, 9.17) is 21.1 Å². The molecule has 1 amide bonds. The monoisotopic (exact) mass is 519 g/mol. The van der Waals surface area contributed by atoms with E-state index in [0.717, 1.165) is 18.2 Å². The lowest BCUT2D eigenvalue weighted by Crippen LogP contribution is -2.49. The Balaban J connectivity index is 1.52. The number of ether oxygens (including phenoxy) is 2. The Labute approximate surface area is 209 Å². The highest BCUT2D eigenvalue weighted by Crippen LogP contribution is 2.37. The number of benzene rings is 1. The Hall–Kier alpha value is -3.60. The molecule has 2 saturated heterocycles. The smallest absolute Gasteiger partial charge is 0.411 e. The summed E-state index contributed by atoms with van der Waals surface area (Å²) in [5.41, 5.74) is 1.62. The van der Waals surface area contributed by atoms with E-state index in [2.05, 4.69) is 15.0 Å². The van der Waals surface area contributed by atoms with E-state index >= 15 is 0 Å². The van der Waals surface area contributed by atoms with Crippen LogP contribution in [0.5, 0.6) is 5.88 Å². The average Bonchev–Trinajstić information content (AvgIpc) is 3.10. The number of cyclic esters (lactones) is 1. The van der Waals surface area contributed by atoms with Gasteiger partial charge >= 0.3 is 6.09 Å². The molecule has 2 aromatic heterocycles. The van der Waals surface area contributed by atoms with Crippen molar-refractivity contribution in [2.75, 3.05) is 25.1 Å². The molecule has 188 valence electrons. The summed E-state index contributed by atoms with van der Waals surface area (Å²) < 4.78 is 52.0. The zero-order chi connectivity index (χ0) is 25.6. The molecule has 2 aliphatic rings. The van der Waals surface area contributed by atoms with Crippen molar-refractivity contribution >= 4 is 23.6 Å². The molecule has 1 aromatic carbocycles. The Bertz CT molecular complexity index is 1300. The average molecular weight is 520 g/mol. The van der Waals surface area contributed by atoms with Gasteiger partial charge in [-0.15, -0.1) is 0 Å². The Morgan fingerprint density at radius 1 is 1.11 bits per heavy atom.